The molecular weight excluding hydrogens is 454 g/mol. The van der Waals surface area contributed by atoms with Crippen LogP contribution in [-0.4, -0.2) is 33.5 Å². The SMILES string of the molecule is c1ccc(C2CCC3C(C2)SC2CC(c4ccccc4)CC4C5CCCC6CCCC(C65)N3C24)cc1. The van der Waals surface area contributed by atoms with Crippen molar-refractivity contribution in [1.82, 2.24) is 4.90 Å². The Morgan fingerprint density at radius 2 is 1.28 bits per heavy atom. The zero-order chi connectivity index (χ0) is 23.6. The lowest BCUT2D eigenvalue weighted by Gasteiger charge is -2.68. The highest BCUT2D eigenvalue weighted by molar-refractivity contribution is 8.00. The average Bonchev–Trinajstić information content (AvgIpc) is 2.95. The maximum absolute atomic E-state index is 3.30. The van der Waals surface area contributed by atoms with Gasteiger partial charge in [-0.1, -0.05) is 86.3 Å². The second kappa shape index (κ2) is 9.19. The molecule has 11 unspecified atom stereocenters. The van der Waals surface area contributed by atoms with Crippen molar-refractivity contribution >= 4 is 11.8 Å². The van der Waals surface area contributed by atoms with E-state index in [0.717, 1.165) is 64.1 Å². The molecule has 0 radical (unpaired) electrons. The number of rotatable bonds is 2. The Bertz CT molecular complexity index is 1050. The molecule has 2 aromatic rings. The molecule has 0 amide bonds. The summed E-state index contributed by atoms with van der Waals surface area (Å²) in [5.41, 5.74) is 3.24. The summed E-state index contributed by atoms with van der Waals surface area (Å²) in [5.74, 6) is 5.55. The molecule has 4 saturated carbocycles. The van der Waals surface area contributed by atoms with Gasteiger partial charge in [0, 0.05) is 28.6 Å². The molecule has 11 atom stereocenters. The lowest BCUT2D eigenvalue weighted by Crippen LogP contribution is -2.72. The van der Waals surface area contributed by atoms with Gasteiger partial charge < -0.3 is 0 Å². The first-order valence-corrected chi connectivity index (χ1v) is 16.3. The molecule has 2 aromatic carbocycles. The van der Waals surface area contributed by atoms with E-state index in [1.165, 1.54) is 70.6 Å². The van der Waals surface area contributed by atoms with Gasteiger partial charge in [-0.25, -0.2) is 0 Å². The Hall–Kier alpha value is -1.25. The van der Waals surface area contributed by atoms with Crippen LogP contribution < -0.4 is 0 Å². The molecule has 0 N–H and O–H groups in total. The number of hydrogen-bond acceptors (Lipinski definition) is 2. The minimum absolute atomic E-state index is 0.770. The molecule has 2 heteroatoms. The number of piperidine rings is 1. The summed E-state index contributed by atoms with van der Waals surface area (Å²) < 4.78 is 0. The van der Waals surface area contributed by atoms with Crippen molar-refractivity contribution in [3.05, 3.63) is 71.8 Å². The fourth-order valence-electron chi connectivity index (χ4n) is 10.7. The summed E-state index contributed by atoms with van der Waals surface area (Å²) in [6, 6.07) is 25.8. The van der Waals surface area contributed by atoms with Gasteiger partial charge in [-0.2, -0.15) is 11.8 Å². The van der Waals surface area contributed by atoms with E-state index in [1.54, 1.807) is 11.1 Å². The molecule has 36 heavy (non-hydrogen) atoms. The van der Waals surface area contributed by atoms with Gasteiger partial charge >= 0.3 is 0 Å². The molecule has 6 aliphatic rings. The molecule has 2 saturated heterocycles. The van der Waals surface area contributed by atoms with Crippen molar-refractivity contribution in [2.75, 3.05) is 0 Å². The summed E-state index contributed by atoms with van der Waals surface area (Å²) in [4.78, 5) is 3.30. The third kappa shape index (κ3) is 3.60. The molecule has 0 spiro atoms. The third-order valence-electron chi connectivity index (χ3n) is 11.9. The van der Waals surface area contributed by atoms with Crippen LogP contribution in [0, 0.1) is 23.7 Å². The van der Waals surface area contributed by atoms with Gasteiger partial charge in [-0.05, 0) is 91.6 Å². The molecule has 1 nitrogen and oxygen atoms in total. The van der Waals surface area contributed by atoms with Crippen molar-refractivity contribution in [2.24, 2.45) is 23.7 Å². The number of hydrogen-bond donors (Lipinski definition) is 0. The molecule has 6 fully saturated rings. The van der Waals surface area contributed by atoms with Crippen molar-refractivity contribution in [3.8, 4) is 0 Å². The summed E-state index contributed by atoms with van der Waals surface area (Å²) >= 11 is 2.48. The lowest BCUT2D eigenvalue weighted by atomic mass is 9.52. The standard InChI is InChI=1S/C34H43NS/c1-3-9-22(10-4-1)25-17-18-29-31(20-25)36-32-21-26(23-11-5-2-6-12-23)19-28-27-15-7-13-24-14-8-16-30(33(24)27)35(29)34(28)32/h1-6,9-12,24-34H,7-8,13-21H2. The Morgan fingerprint density at radius 1 is 0.583 bits per heavy atom. The Kier molecular flexibility index (Phi) is 5.80. The smallest absolute Gasteiger partial charge is 0.0252 e. The van der Waals surface area contributed by atoms with Crippen molar-refractivity contribution in [1.29, 1.82) is 0 Å². The van der Waals surface area contributed by atoms with Crippen LogP contribution in [0.4, 0.5) is 0 Å². The zero-order valence-electron chi connectivity index (χ0n) is 21.8. The predicted molar refractivity (Wildman–Crippen MR) is 151 cm³/mol. The molecule has 0 bridgehead atoms. The maximum atomic E-state index is 3.30. The van der Waals surface area contributed by atoms with Gasteiger partial charge in [0.25, 0.3) is 0 Å². The monoisotopic (exact) mass is 497 g/mol. The van der Waals surface area contributed by atoms with Gasteiger partial charge in [-0.3, -0.25) is 4.90 Å². The Morgan fingerprint density at radius 3 is 2.06 bits per heavy atom. The van der Waals surface area contributed by atoms with E-state index in [4.69, 9.17) is 0 Å². The van der Waals surface area contributed by atoms with Crippen LogP contribution in [0.3, 0.4) is 0 Å². The van der Waals surface area contributed by atoms with E-state index in [2.05, 4.69) is 77.3 Å². The highest BCUT2D eigenvalue weighted by Gasteiger charge is 2.61. The van der Waals surface area contributed by atoms with Gasteiger partial charge in [0.15, 0.2) is 0 Å². The normalized spacial score (nSPS) is 45.7. The van der Waals surface area contributed by atoms with E-state index in [9.17, 15) is 0 Å². The molecular formula is C34H43NS. The second-order valence-corrected chi connectivity index (χ2v) is 14.8. The van der Waals surface area contributed by atoms with E-state index in [1.807, 2.05) is 0 Å². The number of benzene rings is 2. The second-order valence-electron chi connectivity index (χ2n) is 13.3. The molecule has 0 aromatic heterocycles. The van der Waals surface area contributed by atoms with Crippen LogP contribution in [0.2, 0.25) is 0 Å². The molecule has 190 valence electrons. The van der Waals surface area contributed by atoms with E-state index in [0.29, 0.717) is 0 Å². The van der Waals surface area contributed by atoms with Gasteiger partial charge in [0.05, 0.1) is 0 Å². The molecule has 2 aliphatic heterocycles. The number of thioether (sulfide) groups is 1. The quantitative estimate of drug-likeness (QED) is 0.411. The summed E-state index contributed by atoms with van der Waals surface area (Å²) in [6.07, 6.45) is 16.3. The van der Waals surface area contributed by atoms with Gasteiger partial charge in [0.1, 0.15) is 0 Å². The minimum atomic E-state index is 0.770. The van der Waals surface area contributed by atoms with E-state index in [-0.39, 0.29) is 0 Å². The number of fused-ring (bicyclic) bond motifs is 4. The van der Waals surface area contributed by atoms with Crippen LogP contribution in [0.5, 0.6) is 0 Å². The summed E-state index contributed by atoms with van der Waals surface area (Å²) in [7, 11) is 0. The number of nitrogens with zero attached hydrogens (tertiary/aromatic N) is 1. The largest absolute Gasteiger partial charge is 0.292 e. The minimum Gasteiger partial charge on any atom is -0.292 e. The highest BCUT2D eigenvalue weighted by atomic mass is 32.2. The van der Waals surface area contributed by atoms with Crippen LogP contribution in [0.15, 0.2) is 60.7 Å². The van der Waals surface area contributed by atoms with Crippen LogP contribution in [0.1, 0.15) is 93.6 Å². The van der Waals surface area contributed by atoms with E-state index < -0.39 is 0 Å². The van der Waals surface area contributed by atoms with Crippen LogP contribution in [-0.2, 0) is 0 Å². The fraction of sp³-hybridized carbons (Fsp3) is 0.647. The van der Waals surface area contributed by atoms with Crippen LogP contribution in [0.25, 0.3) is 0 Å². The lowest BCUT2D eigenvalue weighted by molar-refractivity contribution is -0.140. The van der Waals surface area contributed by atoms with Gasteiger partial charge in [-0.15, -0.1) is 0 Å². The predicted octanol–water partition coefficient (Wildman–Crippen LogP) is 8.27. The highest BCUT2D eigenvalue weighted by Crippen LogP contribution is 2.62. The van der Waals surface area contributed by atoms with Crippen molar-refractivity contribution in [2.45, 2.75) is 111 Å². The summed E-state index contributed by atoms with van der Waals surface area (Å²) in [6.45, 7) is 0. The topological polar surface area (TPSA) is 3.24 Å². The average molecular weight is 498 g/mol. The van der Waals surface area contributed by atoms with Crippen molar-refractivity contribution in [3.63, 3.8) is 0 Å². The zero-order valence-corrected chi connectivity index (χ0v) is 22.6. The first kappa shape index (κ1) is 22.7. The third-order valence-corrected chi connectivity index (χ3v) is 13.5. The Labute approximate surface area is 222 Å². The molecule has 4 aliphatic carbocycles. The Balaban J connectivity index is 1.17. The molecule has 8 rings (SSSR count). The first-order chi connectivity index (χ1) is 17.8. The maximum Gasteiger partial charge on any atom is 0.0252 e. The molecule has 2 heterocycles. The van der Waals surface area contributed by atoms with Crippen LogP contribution >= 0.6 is 11.8 Å². The first-order valence-electron chi connectivity index (χ1n) is 15.4. The van der Waals surface area contributed by atoms with Crippen molar-refractivity contribution < 1.29 is 0 Å². The van der Waals surface area contributed by atoms with E-state index >= 15 is 0 Å². The fourth-order valence-corrected chi connectivity index (χ4v) is 12.8. The van der Waals surface area contributed by atoms with Gasteiger partial charge in [0.2, 0.25) is 0 Å². The summed E-state index contributed by atoms with van der Waals surface area (Å²) in [5, 5.41) is 1.67.